The van der Waals surface area contributed by atoms with Gasteiger partial charge in [0, 0.05) is 0 Å². The van der Waals surface area contributed by atoms with E-state index in [4.69, 9.17) is 4.74 Å². The SMILES string of the molecule is O=C1OCCC=CCCCCC1O. The second-order valence-electron chi connectivity index (χ2n) is 3.23. The second-order valence-corrected chi connectivity index (χ2v) is 3.23. The minimum atomic E-state index is -0.918. The summed E-state index contributed by atoms with van der Waals surface area (Å²) in [5.74, 6) is -0.477. The fraction of sp³-hybridized carbons (Fsp3) is 0.700. The molecular formula is C10H16O3. The molecule has 0 amide bonds. The molecule has 3 heteroatoms. The van der Waals surface area contributed by atoms with E-state index in [-0.39, 0.29) is 0 Å². The summed E-state index contributed by atoms with van der Waals surface area (Å²) < 4.78 is 4.85. The van der Waals surface area contributed by atoms with Crippen molar-refractivity contribution in [1.82, 2.24) is 0 Å². The van der Waals surface area contributed by atoms with E-state index in [1.54, 1.807) is 0 Å². The van der Waals surface area contributed by atoms with E-state index in [0.717, 1.165) is 25.7 Å². The molecule has 13 heavy (non-hydrogen) atoms. The quantitative estimate of drug-likeness (QED) is 0.457. The highest BCUT2D eigenvalue weighted by Gasteiger charge is 2.15. The molecule has 0 aromatic heterocycles. The molecule has 0 bridgehead atoms. The van der Waals surface area contributed by atoms with Crippen LogP contribution in [0.5, 0.6) is 0 Å². The molecule has 1 unspecified atom stereocenters. The van der Waals surface area contributed by atoms with Gasteiger partial charge in [-0.15, -0.1) is 0 Å². The Hall–Kier alpha value is -0.830. The zero-order valence-corrected chi connectivity index (χ0v) is 7.74. The number of aliphatic hydroxyl groups excluding tert-OH is 1. The number of carbonyl (C=O) groups is 1. The highest BCUT2D eigenvalue weighted by Crippen LogP contribution is 2.07. The first-order valence-corrected chi connectivity index (χ1v) is 4.80. The van der Waals surface area contributed by atoms with E-state index in [1.807, 2.05) is 6.08 Å². The molecule has 1 aliphatic heterocycles. The van der Waals surface area contributed by atoms with E-state index in [1.165, 1.54) is 0 Å². The average molecular weight is 184 g/mol. The van der Waals surface area contributed by atoms with Crippen LogP contribution in [0, 0.1) is 0 Å². The van der Waals surface area contributed by atoms with Crippen LogP contribution in [0.25, 0.3) is 0 Å². The van der Waals surface area contributed by atoms with Gasteiger partial charge in [-0.2, -0.15) is 0 Å². The average Bonchev–Trinajstić information content (AvgIpc) is 2.16. The molecule has 0 saturated carbocycles. The molecule has 1 heterocycles. The third-order valence-electron chi connectivity index (χ3n) is 2.07. The molecule has 0 radical (unpaired) electrons. The van der Waals surface area contributed by atoms with Crippen LogP contribution in [-0.2, 0) is 9.53 Å². The van der Waals surface area contributed by atoms with Crippen LogP contribution < -0.4 is 0 Å². The Kier molecular flexibility index (Phi) is 4.54. The number of aliphatic hydroxyl groups is 1. The predicted octanol–water partition coefficient (Wildman–Crippen LogP) is 1.41. The maximum absolute atomic E-state index is 11.0. The standard InChI is InChI=1S/C10H16O3/c11-9-7-5-3-1-2-4-6-8-13-10(9)12/h2,4,9,11H,1,3,5-8H2. The minimum Gasteiger partial charge on any atom is -0.463 e. The summed E-state index contributed by atoms with van der Waals surface area (Å²) in [6, 6.07) is 0. The smallest absolute Gasteiger partial charge is 0.334 e. The summed E-state index contributed by atoms with van der Waals surface area (Å²) in [6.45, 7) is 0.381. The van der Waals surface area contributed by atoms with E-state index < -0.39 is 12.1 Å². The van der Waals surface area contributed by atoms with Gasteiger partial charge in [0.05, 0.1) is 6.61 Å². The van der Waals surface area contributed by atoms with E-state index in [9.17, 15) is 9.90 Å². The van der Waals surface area contributed by atoms with Gasteiger partial charge in [-0.05, 0) is 32.1 Å². The van der Waals surface area contributed by atoms with Crippen molar-refractivity contribution in [2.24, 2.45) is 0 Å². The fourth-order valence-corrected chi connectivity index (χ4v) is 1.28. The third kappa shape index (κ3) is 4.08. The van der Waals surface area contributed by atoms with Crippen LogP contribution in [0.1, 0.15) is 32.1 Å². The highest BCUT2D eigenvalue weighted by atomic mass is 16.5. The van der Waals surface area contributed by atoms with Crippen molar-refractivity contribution in [1.29, 1.82) is 0 Å². The Balaban J connectivity index is 2.38. The van der Waals surface area contributed by atoms with Gasteiger partial charge in [0.25, 0.3) is 0 Å². The number of rotatable bonds is 0. The molecular weight excluding hydrogens is 168 g/mol. The minimum absolute atomic E-state index is 0.381. The van der Waals surface area contributed by atoms with E-state index >= 15 is 0 Å². The Labute approximate surface area is 78.4 Å². The van der Waals surface area contributed by atoms with Crippen molar-refractivity contribution >= 4 is 5.97 Å². The zero-order valence-electron chi connectivity index (χ0n) is 7.74. The summed E-state index contributed by atoms with van der Waals surface area (Å²) in [5.41, 5.74) is 0. The van der Waals surface area contributed by atoms with Gasteiger partial charge in [0.1, 0.15) is 0 Å². The molecule has 1 rings (SSSR count). The van der Waals surface area contributed by atoms with Gasteiger partial charge in [0.15, 0.2) is 6.10 Å². The van der Waals surface area contributed by atoms with Crippen LogP contribution in [0.2, 0.25) is 0 Å². The van der Waals surface area contributed by atoms with Crippen LogP contribution in [-0.4, -0.2) is 23.8 Å². The summed E-state index contributed by atoms with van der Waals surface area (Å²) in [6.07, 6.45) is 7.40. The molecule has 3 nitrogen and oxygen atoms in total. The van der Waals surface area contributed by atoms with Gasteiger partial charge >= 0.3 is 5.97 Å². The largest absolute Gasteiger partial charge is 0.463 e. The second kappa shape index (κ2) is 5.75. The lowest BCUT2D eigenvalue weighted by molar-refractivity contribution is -0.153. The number of cyclic esters (lactones) is 1. The number of hydrogen-bond donors (Lipinski definition) is 1. The van der Waals surface area contributed by atoms with E-state index in [2.05, 4.69) is 6.08 Å². The number of allylic oxidation sites excluding steroid dienone is 1. The van der Waals surface area contributed by atoms with Gasteiger partial charge in [-0.1, -0.05) is 12.2 Å². The van der Waals surface area contributed by atoms with Crippen molar-refractivity contribution in [2.45, 2.75) is 38.2 Å². The van der Waals surface area contributed by atoms with Crippen molar-refractivity contribution in [2.75, 3.05) is 6.61 Å². The molecule has 0 aromatic rings. The lowest BCUT2D eigenvalue weighted by Crippen LogP contribution is -2.23. The summed E-state index contributed by atoms with van der Waals surface area (Å²) in [5, 5.41) is 9.30. The lowest BCUT2D eigenvalue weighted by Gasteiger charge is -2.08. The highest BCUT2D eigenvalue weighted by molar-refractivity contribution is 5.74. The molecule has 0 fully saturated rings. The van der Waals surface area contributed by atoms with Crippen molar-refractivity contribution in [3.63, 3.8) is 0 Å². The lowest BCUT2D eigenvalue weighted by atomic mass is 10.1. The Bertz CT molecular complexity index is 187. The van der Waals surface area contributed by atoms with Gasteiger partial charge in [-0.3, -0.25) is 0 Å². The van der Waals surface area contributed by atoms with Crippen LogP contribution in [0.3, 0.4) is 0 Å². The van der Waals surface area contributed by atoms with Gasteiger partial charge in [-0.25, -0.2) is 4.79 Å². The number of esters is 1. The first-order chi connectivity index (χ1) is 6.30. The number of hydrogen-bond acceptors (Lipinski definition) is 3. The zero-order chi connectivity index (χ0) is 9.52. The van der Waals surface area contributed by atoms with Crippen LogP contribution in [0.4, 0.5) is 0 Å². The summed E-state index contributed by atoms with van der Waals surface area (Å²) in [4.78, 5) is 11.0. The molecule has 0 aromatic carbocycles. The summed E-state index contributed by atoms with van der Waals surface area (Å²) in [7, 11) is 0. The number of carbonyl (C=O) groups excluding carboxylic acids is 1. The van der Waals surface area contributed by atoms with Crippen LogP contribution >= 0.6 is 0 Å². The van der Waals surface area contributed by atoms with Crippen molar-refractivity contribution < 1.29 is 14.6 Å². The molecule has 74 valence electrons. The topological polar surface area (TPSA) is 46.5 Å². The molecule has 1 aliphatic rings. The summed E-state index contributed by atoms with van der Waals surface area (Å²) >= 11 is 0. The first kappa shape index (κ1) is 10.3. The van der Waals surface area contributed by atoms with E-state index in [0.29, 0.717) is 13.0 Å². The Morgan fingerprint density at radius 2 is 2.08 bits per heavy atom. The van der Waals surface area contributed by atoms with Gasteiger partial charge in [0.2, 0.25) is 0 Å². The molecule has 0 aliphatic carbocycles. The molecule has 1 atom stereocenters. The monoisotopic (exact) mass is 184 g/mol. The predicted molar refractivity (Wildman–Crippen MR) is 49.2 cm³/mol. The first-order valence-electron chi connectivity index (χ1n) is 4.80. The molecule has 1 N–H and O–H groups in total. The Morgan fingerprint density at radius 1 is 1.31 bits per heavy atom. The van der Waals surface area contributed by atoms with Crippen molar-refractivity contribution in [3.05, 3.63) is 12.2 Å². The fourth-order valence-electron chi connectivity index (χ4n) is 1.28. The molecule has 0 saturated heterocycles. The maximum atomic E-state index is 11.0. The maximum Gasteiger partial charge on any atom is 0.334 e. The normalized spacial score (nSPS) is 26.2. The third-order valence-corrected chi connectivity index (χ3v) is 2.07. The Morgan fingerprint density at radius 3 is 2.92 bits per heavy atom. The molecule has 0 spiro atoms. The number of ether oxygens (including phenoxy) is 1. The van der Waals surface area contributed by atoms with Crippen LogP contribution in [0.15, 0.2) is 12.2 Å². The van der Waals surface area contributed by atoms with Crippen molar-refractivity contribution in [3.8, 4) is 0 Å². The van der Waals surface area contributed by atoms with Gasteiger partial charge < -0.3 is 9.84 Å².